The maximum Gasteiger partial charge on any atom is 0.191 e. The first-order valence-electron chi connectivity index (χ1n) is 9.39. The zero-order valence-corrected chi connectivity index (χ0v) is 15.3. The molecule has 142 valence electrons. The third kappa shape index (κ3) is 3.89. The van der Waals surface area contributed by atoms with Crippen LogP contribution in [0.3, 0.4) is 0 Å². The smallest absolute Gasteiger partial charge is 0.191 e. The number of benzene rings is 2. The summed E-state index contributed by atoms with van der Waals surface area (Å²) < 4.78 is 27.9. The highest BCUT2D eigenvalue weighted by Gasteiger charge is 2.42. The highest BCUT2D eigenvalue weighted by molar-refractivity contribution is 5.81. The van der Waals surface area contributed by atoms with Crippen molar-refractivity contribution in [2.75, 3.05) is 25.0 Å². The molecule has 1 aliphatic carbocycles. The number of rotatable bonds is 4. The second-order valence-electron chi connectivity index (χ2n) is 7.21. The minimum absolute atomic E-state index is 0.00855. The lowest BCUT2D eigenvalue weighted by atomic mass is 10.1. The average Bonchev–Trinajstić information content (AvgIpc) is 3.25. The van der Waals surface area contributed by atoms with E-state index < -0.39 is 11.6 Å². The van der Waals surface area contributed by atoms with E-state index in [0.717, 1.165) is 19.5 Å². The van der Waals surface area contributed by atoms with Crippen LogP contribution in [0.25, 0.3) is 0 Å². The average molecular weight is 370 g/mol. The Balaban J connectivity index is 1.32. The largest absolute Gasteiger partial charge is 0.369 e. The summed E-state index contributed by atoms with van der Waals surface area (Å²) in [7, 11) is 1.72. The lowest BCUT2D eigenvalue weighted by Gasteiger charge is -2.20. The Bertz CT molecular complexity index is 804. The van der Waals surface area contributed by atoms with Crippen LogP contribution in [0.5, 0.6) is 0 Å². The van der Waals surface area contributed by atoms with Gasteiger partial charge in [0.15, 0.2) is 5.96 Å². The third-order valence-electron chi connectivity index (χ3n) is 5.36. The van der Waals surface area contributed by atoms with Crippen LogP contribution in [0.1, 0.15) is 24.3 Å². The molecule has 1 aliphatic heterocycles. The zero-order chi connectivity index (χ0) is 18.8. The summed E-state index contributed by atoms with van der Waals surface area (Å²) in [6.45, 7) is 1.89. The number of guanidine groups is 1. The van der Waals surface area contributed by atoms with Crippen LogP contribution >= 0.6 is 0 Å². The van der Waals surface area contributed by atoms with Gasteiger partial charge in [-0.2, -0.15) is 0 Å². The van der Waals surface area contributed by atoms with Gasteiger partial charge in [-0.25, -0.2) is 8.78 Å². The number of halogens is 2. The molecule has 0 spiro atoms. The fourth-order valence-corrected chi connectivity index (χ4v) is 3.83. The molecule has 2 aliphatic rings. The molecule has 27 heavy (non-hydrogen) atoms. The summed E-state index contributed by atoms with van der Waals surface area (Å²) in [4.78, 5) is 6.64. The van der Waals surface area contributed by atoms with Crippen molar-refractivity contribution in [3.05, 3.63) is 65.7 Å². The summed E-state index contributed by atoms with van der Waals surface area (Å²) >= 11 is 0. The molecule has 3 atom stereocenters. The molecule has 0 aromatic heterocycles. The summed E-state index contributed by atoms with van der Waals surface area (Å²) in [5.74, 6) is -0.392. The van der Waals surface area contributed by atoms with Gasteiger partial charge in [-0.1, -0.05) is 24.3 Å². The van der Waals surface area contributed by atoms with Gasteiger partial charge < -0.3 is 15.5 Å². The Kier molecular flexibility index (Phi) is 4.97. The minimum atomic E-state index is -0.471. The van der Waals surface area contributed by atoms with E-state index in [2.05, 4.69) is 32.7 Å². The summed E-state index contributed by atoms with van der Waals surface area (Å²) in [5.41, 5.74) is 1.41. The SMILES string of the molecule is CN=C(NC1CCN(c2ccccc2)C1)NC1CC1c1c(F)cccc1F. The van der Waals surface area contributed by atoms with Gasteiger partial charge in [0.25, 0.3) is 0 Å². The Labute approximate surface area is 158 Å². The van der Waals surface area contributed by atoms with Crippen molar-refractivity contribution in [2.24, 2.45) is 4.99 Å². The molecule has 6 heteroatoms. The molecule has 1 heterocycles. The Morgan fingerprint density at radius 3 is 2.48 bits per heavy atom. The highest BCUT2D eigenvalue weighted by Crippen LogP contribution is 2.43. The second kappa shape index (κ2) is 7.55. The molecule has 3 unspecified atom stereocenters. The van der Waals surface area contributed by atoms with Gasteiger partial charge in [-0.15, -0.1) is 0 Å². The number of anilines is 1. The van der Waals surface area contributed by atoms with Crippen LogP contribution in [-0.2, 0) is 0 Å². The third-order valence-corrected chi connectivity index (χ3v) is 5.36. The maximum absolute atomic E-state index is 13.9. The molecular weight excluding hydrogens is 346 g/mol. The minimum Gasteiger partial charge on any atom is -0.369 e. The molecule has 0 bridgehead atoms. The molecule has 2 aromatic carbocycles. The fourth-order valence-electron chi connectivity index (χ4n) is 3.83. The zero-order valence-electron chi connectivity index (χ0n) is 15.3. The topological polar surface area (TPSA) is 39.7 Å². The van der Waals surface area contributed by atoms with E-state index in [9.17, 15) is 8.78 Å². The van der Waals surface area contributed by atoms with Crippen LogP contribution in [0.4, 0.5) is 14.5 Å². The van der Waals surface area contributed by atoms with Crippen molar-refractivity contribution in [2.45, 2.75) is 30.8 Å². The fraction of sp³-hybridized carbons (Fsp3) is 0.381. The second-order valence-corrected chi connectivity index (χ2v) is 7.21. The molecule has 4 rings (SSSR count). The van der Waals surface area contributed by atoms with E-state index >= 15 is 0 Å². The Hall–Kier alpha value is -2.63. The van der Waals surface area contributed by atoms with Crippen molar-refractivity contribution >= 4 is 11.6 Å². The molecule has 0 amide bonds. The van der Waals surface area contributed by atoms with E-state index in [1.54, 1.807) is 7.05 Å². The Morgan fingerprint density at radius 1 is 1.04 bits per heavy atom. The quantitative estimate of drug-likeness (QED) is 0.641. The number of aliphatic imine (C=N–C) groups is 1. The first kappa shape index (κ1) is 17.8. The van der Waals surface area contributed by atoms with Crippen LogP contribution in [-0.4, -0.2) is 38.2 Å². The maximum atomic E-state index is 13.9. The van der Waals surface area contributed by atoms with Gasteiger partial charge in [0.1, 0.15) is 11.6 Å². The standard InChI is InChI=1S/C21H24F2N4/c1-24-21(25-14-10-11-27(13-14)15-6-3-2-4-7-15)26-19-12-16(19)20-17(22)8-5-9-18(20)23/h2-9,14,16,19H,10-13H2,1H3,(H2,24,25,26). The first-order valence-corrected chi connectivity index (χ1v) is 9.39. The van der Waals surface area contributed by atoms with Gasteiger partial charge in [0, 0.05) is 49.4 Å². The Morgan fingerprint density at radius 2 is 1.78 bits per heavy atom. The van der Waals surface area contributed by atoms with Crippen molar-refractivity contribution in [1.82, 2.24) is 10.6 Å². The van der Waals surface area contributed by atoms with Crippen molar-refractivity contribution in [1.29, 1.82) is 0 Å². The van der Waals surface area contributed by atoms with Gasteiger partial charge in [0.2, 0.25) is 0 Å². The molecule has 1 saturated carbocycles. The summed E-state index contributed by atoms with van der Waals surface area (Å²) in [6.07, 6.45) is 1.73. The lowest BCUT2D eigenvalue weighted by Crippen LogP contribution is -2.45. The predicted octanol–water partition coefficient (Wildman–Crippen LogP) is 3.26. The van der Waals surface area contributed by atoms with Crippen LogP contribution < -0.4 is 15.5 Å². The van der Waals surface area contributed by atoms with Gasteiger partial charge >= 0.3 is 0 Å². The number of hydrogen-bond acceptors (Lipinski definition) is 2. The van der Waals surface area contributed by atoms with E-state index in [1.807, 2.05) is 18.2 Å². The molecule has 1 saturated heterocycles. The summed E-state index contributed by atoms with van der Waals surface area (Å²) in [5, 5.41) is 6.76. The molecule has 2 N–H and O–H groups in total. The molecule has 2 aromatic rings. The van der Waals surface area contributed by atoms with Crippen LogP contribution in [0, 0.1) is 11.6 Å². The number of para-hydroxylation sites is 1. The van der Waals surface area contributed by atoms with Crippen molar-refractivity contribution < 1.29 is 8.78 Å². The van der Waals surface area contributed by atoms with E-state index in [1.165, 1.54) is 23.9 Å². The van der Waals surface area contributed by atoms with Gasteiger partial charge in [-0.3, -0.25) is 4.99 Å². The van der Waals surface area contributed by atoms with Crippen molar-refractivity contribution in [3.63, 3.8) is 0 Å². The van der Waals surface area contributed by atoms with E-state index in [4.69, 9.17) is 0 Å². The lowest BCUT2D eigenvalue weighted by molar-refractivity contribution is 0.553. The highest BCUT2D eigenvalue weighted by atomic mass is 19.1. The molecular formula is C21H24F2N4. The predicted molar refractivity (Wildman–Crippen MR) is 104 cm³/mol. The monoisotopic (exact) mass is 370 g/mol. The van der Waals surface area contributed by atoms with Crippen LogP contribution in [0.15, 0.2) is 53.5 Å². The molecule has 4 nitrogen and oxygen atoms in total. The van der Waals surface area contributed by atoms with Crippen LogP contribution in [0.2, 0.25) is 0 Å². The molecule has 2 fully saturated rings. The first-order chi connectivity index (χ1) is 13.2. The van der Waals surface area contributed by atoms with Gasteiger partial charge in [-0.05, 0) is 37.1 Å². The van der Waals surface area contributed by atoms with Crippen molar-refractivity contribution in [3.8, 4) is 0 Å². The normalized spacial score (nSPS) is 24.8. The number of nitrogens with zero attached hydrogens (tertiary/aromatic N) is 2. The number of hydrogen-bond donors (Lipinski definition) is 2. The van der Waals surface area contributed by atoms with E-state index in [-0.39, 0.29) is 17.5 Å². The molecule has 0 radical (unpaired) electrons. The summed E-state index contributed by atoms with van der Waals surface area (Å²) in [6, 6.07) is 14.7. The van der Waals surface area contributed by atoms with E-state index in [0.29, 0.717) is 18.4 Å². The van der Waals surface area contributed by atoms with Gasteiger partial charge in [0.05, 0.1) is 0 Å². The number of nitrogens with one attached hydrogen (secondary N) is 2.